The predicted molar refractivity (Wildman–Crippen MR) is 103 cm³/mol. The summed E-state index contributed by atoms with van der Waals surface area (Å²) >= 11 is 0. The van der Waals surface area contributed by atoms with Gasteiger partial charge < -0.3 is 10.6 Å². The zero-order valence-corrected chi connectivity index (χ0v) is 16.1. The molecule has 0 aliphatic heterocycles. The Labute approximate surface area is 160 Å². The summed E-state index contributed by atoms with van der Waals surface area (Å²) in [4.78, 5) is 24.5. The molecule has 0 aromatic heterocycles. The summed E-state index contributed by atoms with van der Waals surface area (Å²) in [6.07, 6.45) is 6.69. The number of sulfone groups is 1. The molecule has 1 aromatic carbocycles. The molecule has 0 heterocycles. The molecule has 0 spiro atoms. The molecule has 6 nitrogen and oxygen atoms in total. The van der Waals surface area contributed by atoms with E-state index in [-0.39, 0.29) is 5.54 Å². The first-order chi connectivity index (χ1) is 12.8. The zero-order chi connectivity index (χ0) is 19.1. The highest BCUT2D eigenvalue weighted by atomic mass is 32.2. The first-order valence-electron chi connectivity index (χ1n) is 9.67. The van der Waals surface area contributed by atoms with Gasteiger partial charge in [-0.2, -0.15) is 0 Å². The van der Waals surface area contributed by atoms with Crippen LogP contribution in [-0.4, -0.2) is 37.3 Å². The van der Waals surface area contributed by atoms with Crippen molar-refractivity contribution in [2.75, 3.05) is 16.8 Å². The van der Waals surface area contributed by atoms with Crippen molar-refractivity contribution >= 4 is 27.3 Å². The van der Waals surface area contributed by atoms with Crippen LogP contribution in [-0.2, 0) is 19.4 Å². The minimum absolute atomic E-state index is 0.215. The van der Waals surface area contributed by atoms with Gasteiger partial charge in [0.15, 0.2) is 9.84 Å². The fourth-order valence-electron chi connectivity index (χ4n) is 5.76. The second-order valence-electron chi connectivity index (χ2n) is 8.69. The van der Waals surface area contributed by atoms with Crippen LogP contribution in [0.5, 0.6) is 0 Å². The fourth-order valence-corrected chi connectivity index (χ4v) is 6.81. The monoisotopic (exact) mass is 390 g/mol. The molecule has 5 rings (SSSR count). The summed E-state index contributed by atoms with van der Waals surface area (Å²) < 4.78 is 24.6. The fraction of sp³-hybridized carbons (Fsp3) is 0.600. The van der Waals surface area contributed by atoms with Crippen molar-refractivity contribution in [3.63, 3.8) is 0 Å². The van der Waals surface area contributed by atoms with Gasteiger partial charge in [-0.05, 0) is 68.4 Å². The van der Waals surface area contributed by atoms with Crippen LogP contribution in [0.2, 0.25) is 0 Å². The Morgan fingerprint density at radius 2 is 1.41 bits per heavy atom. The Kier molecular flexibility index (Phi) is 4.74. The van der Waals surface area contributed by atoms with Crippen LogP contribution >= 0.6 is 0 Å². The van der Waals surface area contributed by atoms with Gasteiger partial charge in [0.1, 0.15) is 11.5 Å². The molecule has 4 aliphatic rings. The molecule has 7 heteroatoms. The standard InChI is InChI=1S/C20H26N2O4S/c23-18(21-17-4-2-1-3-5-17)12-27(25,26)13-19(24)22-20-9-14-6-15(10-20)8-16(7-14)11-20/h1-5,14-16H,6-13H2,(H,21,23)(H,22,24). The first-order valence-corrected chi connectivity index (χ1v) is 11.5. The van der Waals surface area contributed by atoms with E-state index < -0.39 is 33.2 Å². The number of rotatable bonds is 6. The van der Waals surface area contributed by atoms with Gasteiger partial charge in [0.25, 0.3) is 0 Å². The Morgan fingerprint density at radius 1 is 0.889 bits per heavy atom. The third kappa shape index (κ3) is 4.34. The Hall–Kier alpha value is -1.89. The van der Waals surface area contributed by atoms with E-state index in [1.807, 2.05) is 0 Å². The molecular formula is C20H26N2O4S. The number of amides is 2. The van der Waals surface area contributed by atoms with E-state index in [0.29, 0.717) is 23.4 Å². The highest BCUT2D eigenvalue weighted by Crippen LogP contribution is 2.55. The molecule has 4 saturated carbocycles. The van der Waals surface area contributed by atoms with E-state index in [9.17, 15) is 18.0 Å². The highest BCUT2D eigenvalue weighted by Gasteiger charge is 2.51. The average Bonchev–Trinajstić information content (AvgIpc) is 2.52. The summed E-state index contributed by atoms with van der Waals surface area (Å²) in [6, 6.07) is 8.68. The number of para-hydroxylation sites is 1. The van der Waals surface area contributed by atoms with E-state index in [4.69, 9.17) is 0 Å². The Morgan fingerprint density at radius 3 is 1.96 bits per heavy atom. The second kappa shape index (κ2) is 6.93. The third-order valence-corrected chi connectivity index (χ3v) is 7.61. The van der Waals surface area contributed by atoms with E-state index >= 15 is 0 Å². The molecular weight excluding hydrogens is 364 g/mol. The molecule has 0 unspecified atom stereocenters. The Balaban J connectivity index is 1.33. The summed E-state index contributed by atoms with van der Waals surface area (Å²) in [5.41, 5.74) is 0.323. The maximum Gasteiger partial charge on any atom is 0.239 e. The largest absolute Gasteiger partial charge is 0.350 e. The average molecular weight is 391 g/mol. The van der Waals surface area contributed by atoms with Crippen molar-refractivity contribution in [2.24, 2.45) is 17.8 Å². The lowest BCUT2D eigenvalue weighted by atomic mass is 9.53. The summed E-state index contributed by atoms with van der Waals surface area (Å²) in [7, 11) is -3.81. The molecule has 4 bridgehead atoms. The summed E-state index contributed by atoms with van der Waals surface area (Å²) in [5.74, 6) is -0.389. The smallest absolute Gasteiger partial charge is 0.239 e. The van der Waals surface area contributed by atoms with Gasteiger partial charge in [-0.1, -0.05) is 18.2 Å². The van der Waals surface area contributed by atoms with Gasteiger partial charge in [0.05, 0.1) is 0 Å². The summed E-state index contributed by atoms with van der Waals surface area (Å²) in [6.45, 7) is 0. The summed E-state index contributed by atoms with van der Waals surface area (Å²) in [5, 5.41) is 5.60. The lowest BCUT2D eigenvalue weighted by Gasteiger charge is -2.56. The van der Waals surface area contributed by atoms with Gasteiger partial charge >= 0.3 is 0 Å². The lowest BCUT2D eigenvalue weighted by Crippen LogP contribution is -2.60. The molecule has 146 valence electrons. The number of nitrogens with one attached hydrogen (secondary N) is 2. The maximum atomic E-state index is 12.5. The van der Waals surface area contributed by atoms with Crippen LogP contribution in [0.3, 0.4) is 0 Å². The van der Waals surface area contributed by atoms with Crippen molar-refractivity contribution in [3.8, 4) is 0 Å². The molecule has 0 radical (unpaired) electrons. The van der Waals surface area contributed by atoms with Crippen molar-refractivity contribution < 1.29 is 18.0 Å². The molecule has 4 aliphatic carbocycles. The zero-order valence-electron chi connectivity index (χ0n) is 15.3. The van der Waals surface area contributed by atoms with Crippen LogP contribution in [0.1, 0.15) is 38.5 Å². The molecule has 0 saturated heterocycles. The van der Waals surface area contributed by atoms with E-state index in [0.717, 1.165) is 19.3 Å². The SMILES string of the molecule is O=C(CS(=O)(=O)CC(=O)NC12CC3CC(CC(C3)C1)C2)Nc1ccccc1. The normalized spacial score (nSPS) is 31.5. The number of benzene rings is 1. The van der Waals surface area contributed by atoms with Crippen LogP contribution in [0, 0.1) is 17.8 Å². The van der Waals surface area contributed by atoms with Gasteiger partial charge in [-0.15, -0.1) is 0 Å². The number of anilines is 1. The van der Waals surface area contributed by atoms with Crippen molar-refractivity contribution in [1.82, 2.24) is 5.32 Å². The number of carbonyl (C=O) groups excluding carboxylic acids is 2. The van der Waals surface area contributed by atoms with Crippen molar-refractivity contribution in [2.45, 2.75) is 44.1 Å². The van der Waals surface area contributed by atoms with E-state index in [1.165, 1.54) is 19.3 Å². The molecule has 1 aromatic rings. The molecule has 2 amide bonds. The van der Waals surface area contributed by atoms with E-state index in [2.05, 4.69) is 10.6 Å². The van der Waals surface area contributed by atoms with Crippen LogP contribution < -0.4 is 10.6 Å². The molecule has 0 atom stereocenters. The van der Waals surface area contributed by atoms with Crippen molar-refractivity contribution in [3.05, 3.63) is 30.3 Å². The maximum absolute atomic E-state index is 12.5. The molecule has 2 N–H and O–H groups in total. The molecule has 27 heavy (non-hydrogen) atoms. The van der Waals surface area contributed by atoms with Gasteiger partial charge in [-0.25, -0.2) is 8.42 Å². The number of hydrogen-bond donors (Lipinski definition) is 2. The van der Waals surface area contributed by atoms with Gasteiger partial charge in [0, 0.05) is 11.2 Å². The van der Waals surface area contributed by atoms with E-state index in [1.54, 1.807) is 30.3 Å². The second-order valence-corrected chi connectivity index (χ2v) is 10.8. The van der Waals surface area contributed by atoms with Gasteiger partial charge in [-0.3, -0.25) is 9.59 Å². The first kappa shape index (κ1) is 18.5. The van der Waals surface area contributed by atoms with Crippen LogP contribution in [0.15, 0.2) is 30.3 Å². The van der Waals surface area contributed by atoms with Crippen molar-refractivity contribution in [1.29, 1.82) is 0 Å². The topological polar surface area (TPSA) is 92.3 Å². The van der Waals surface area contributed by atoms with Gasteiger partial charge in [0.2, 0.25) is 11.8 Å². The lowest BCUT2D eigenvalue weighted by molar-refractivity contribution is -0.124. The predicted octanol–water partition coefficient (Wildman–Crippen LogP) is 2.12. The minimum Gasteiger partial charge on any atom is -0.350 e. The Bertz CT molecular complexity index is 800. The number of hydrogen-bond acceptors (Lipinski definition) is 4. The van der Waals surface area contributed by atoms with Crippen LogP contribution in [0.25, 0.3) is 0 Å². The minimum atomic E-state index is -3.81. The highest BCUT2D eigenvalue weighted by molar-refractivity contribution is 7.92. The molecule has 4 fully saturated rings. The third-order valence-electron chi connectivity index (χ3n) is 6.20. The quantitative estimate of drug-likeness (QED) is 0.778. The van der Waals surface area contributed by atoms with Crippen LogP contribution in [0.4, 0.5) is 5.69 Å². The number of carbonyl (C=O) groups is 2.